The fourth-order valence-corrected chi connectivity index (χ4v) is 1.42. The summed E-state index contributed by atoms with van der Waals surface area (Å²) in [6, 6.07) is 0. The van der Waals surface area contributed by atoms with Crippen LogP contribution in [-0.2, 0) is 0 Å². The Morgan fingerprint density at radius 2 is 2.75 bits per heavy atom. The van der Waals surface area contributed by atoms with Gasteiger partial charge in [0.15, 0.2) is 0 Å². The summed E-state index contributed by atoms with van der Waals surface area (Å²) in [4.78, 5) is 0. The van der Waals surface area contributed by atoms with Crippen LogP contribution in [0.25, 0.3) is 0 Å². The van der Waals surface area contributed by atoms with Crippen LogP contribution in [0.3, 0.4) is 0 Å². The third kappa shape index (κ3) is 1.35. The maximum atomic E-state index is 5.43. The second kappa shape index (κ2) is 2.68. The molecule has 1 unspecified atom stereocenters. The molecule has 0 bridgehead atoms. The second-order valence-electron chi connectivity index (χ2n) is 1.78. The molecule has 3 nitrogen and oxygen atoms in total. The lowest BCUT2D eigenvalue weighted by molar-refractivity contribution is 0.479. The quantitative estimate of drug-likeness (QED) is 0.393. The van der Waals surface area contributed by atoms with Crippen molar-refractivity contribution >= 4 is 11.9 Å². The Balaban J connectivity index is 2.22. The molecule has 1 atom stereocenters. The first-order valence-corrected chi connectivity index (χ1v) is 3.59. The van der Waals surface area contributed by atoms with Gasteiger partial charge in [0.25, 0.3) is 0 Å². The monoisotopic (exact) mass is 133 g/mol. The summed E-state index contributed by atoms with van der Waals surface area (Å²) < 4.78 is 1.72. The highest BCUT2D eigenvalue weighted by Gasteiger charge is 2.16. The van der Waals surface area contributed by atoms with Crippen molar-refractivity contribution in [3.05, 3.63) is 0 Å². The minimum Gasteiger partial charge on any atom is -0.289 e. The van der Waals surface area contributed by atoms with Gasteiger partial charge in [0, 0.05) is 0 Å². The van der Waals surface area contributed by atoms with Crippen LogP contribution in [0, 0.1) is 0 Å². The van der Waals surface area contributed by atoms with Crippen LogP contribution in [0.5, 0.6) is 0 Å². The molecule has 0 aromatic heterocycles. The summed E-state index contributed by atoms with van der Waals surface area (Å²) in [6.07, 6.45) is 1.14. The van der Waals surface area contributed by atoms with Crippen LogP contribution in [0.15, 0.2) is 0 Å². The van der Waals surface area contributed by atoms with E-state index in [4.69, 9.17) is 5.84 Å². The summed E-state index contributed by atoms with van der Waals surface area (Å²) in [5, 5.41) is 3.76. The van der Waals surface area contributed by atoms with Crippen molar-refractivity contribution < 1.29 is 0 Å². The molecular weight excluding hydrogens is 122 g/mol. The lowest BCUT2D eigenvalue weighted by Gasteiger charge is -2.03. The Labute approximate surface area is 53.7 Å². The van der Waals surface area contributed by atoms with Crippen LogP contribution in [0.2, 0.25) is 0 Å². The van der Waals surface area contributed by atoms with Crippen LogP contribution in [-0.4, -0.2) is 16.5 Å². The number of hydrogen-bond acceptors (Lipinski definition) is 4. The first-order valence-electron chi connectivity index (χ1n) is 2.75. The second-order valence-corrected chi connectivity index (χ2v) is 3.03. The molecule has 3 N–H and O–H groups in total. The highest BCUT2D eigenvalue weighted by molar-refractivity contribution is 7.97. The van der Waals surface area contributed by atoms with E-state index < -0.39 is 0 Å². The van der Waals surface area contributed by atoms with E-state index in [2.05, 4.69) is 12.2 Å². The van der Waals surface area contributed by atoms with Crippen molar-refractivity contribution in [3.8, 4) is 0 Å². The first kappa shape index (κ1) is 6.35. The molecule has 0 amide bonds. The van der Waals surface area contributed by atoms with E-state index in [0.29, 0.717) is 5.37 Å². The number of rotatable bonds is 1. The third-order valence-electron chi connectivity index (χ3n) is 1.11. The Hall–Kier alpha value is 0.230. The van der Waals surface area contributed by atoms with E-state index in [1.54, 1.807) is 16.4 Å². The van der Waals surface area contributed by atoms with E-state index in [9.17, 15) is 0 Å². The molecule has 1 fully saturated rings. The molecule has 0 aromatic carbocycles. The van der Waals surface area contributed by atoms with E-state index in [1.807, 2.05) is 0 Å². The van der Waals surface area contributed by atoms with Gasteiger partial charge in [0.05, 0.1) is 12.0 Å². The fraction of sp³-hybridized carbons (Fsp3) is 1.00. The summed E-state index contributed by atoms with van der Waals surface area (Å²) in [5.41, 5.74) is 0. The molecule has 1 heterocycles. The third-order valence-corrected chi connectivity index (χ3v) is 2.26. The Morgan fingerprint density at radius 3 is 3.00 bits per heavy atom. The van der Waals surface area contributed by atoms with Crippen LogP contribution in [0.4, 0.5) is 0 Å². The van der Waals surface area contributed by atoms with Gasteiger partial charge in [-0.2, -0.15) is 4.41 Å². The normalized spacial score (nSPS) is 31.5. The molecule has 0 aromatic rings. The van der Waals surface area contributed by atoms with Gasteiger partial charge in [-0.05, 0) is 18.4 Å². The summed E-state index contributed by atoms with van der Waals surface area (Å²) >= 11 is 1.67. The van der Waals surface area contributed by atoms with Crippen molar-refractivity contribution in [1.82, 2.24) is 9.73 Å². The molecule has 1 aliphatic rings. The molecule has 1 aliphatic heterocycles. The molecular formula is C4H11N3S. The predicted octanol–water partition coefficient (Wildman–Crippen LogP) is 0.107. The molecule has 48 valence electrons. The number of nitrogens with two attached hydrogens (primary N) is 1. The Bertz CT molecular complexity index is 77.7. The molecule has 0 aliphatic carbocycles. The first-order chi connectivity index (χ1) is 3.83. The highest BCUT2D eigenvalue weighted by Crippen LogP contribution is 2.18. The number of hydrazine groups is 1. The summed E-state index contributed by atoms with van der Waals surface area (Å²) in [6.45, 7) is 2.95. The zero-order valence-electron chi connectivity index (χ0n) is 4.92. The average Bonchev–Trinajstić information content (AvgIpc) is 2.14. The van der Waals surface area contributed by atoms with Gasteiger partial charge in [-0.3, -0.25) is 11.2 Å². The van der Waals surface area contributed by atoms with Gasteiger partial charge in [0.2, 0.25) is 0 Å². The minimum absolute atomic E-state index is 0.542. The molecule has 0 radical (unpaired) electrons. The largest absolute Gasteiger partial charge is 0.289 e. The topological polar surface area (TPSA) is 41.3 Å². The predicted molar refractivity (Wildman–Crippen MR) is 35.7 cm³/mol. The number of hydrogen-bond donors (Lipinski definition) is 2. The van der Waals surface area contributed by atoms with Gasteiger partial charge in [-0.15, -0.1) is 0 Å². The van der Waals surface area contributed by atoms with E-state index >= 15 is 0 Å². The molecule has 0 saturated carbocycles. The summed E-state index contributed by atoms with van der Waals surface area (Å²) in [7, 11) is 0. The summed E-state index contributed by atoms with van der Waals surface area (Å²) in [5.74, 6) is 5.43. The smallest absolute Gasteiger partial charge is 0.0743 e. The van der Waals surface area contributed by atoms with Gasteiger partial charge >= 0.3 is 0 Å². The minimum atomic E-state index is 0.542. The van der Waals surface area contributed by atoms with Gasteiger partial charge < -0.3 is 0 Å². The molecule has 1 saturated heterocycles. The SMILES string of the molecule is CCC1NCN(N)S1. The fourth-order valence-electron chi connectivity index (χ4n) is 0.649. The van der Waals surface area contributed by atoms with Gasteiger partial charge in [-0.1, -0.05) is 6.92 Å². The zero-order valence-corrected chi connectivity index (χ0v) is 5.74. The molecule has 1 rings (SSSR count). The van der Waals surface area contributed by atoms with Crippen molar-refractivity contribution in [1.29, 1.82) is 0 Å². The molecule has 0 spiro atoms. The van der Waals surface area contributed by atoms with E-state index in [-0.39, 0.29) is 0 Å². The van der Waals surface area contributed by atoms with Gasteiger partial charge in [-0.25, -0.2) is 0 Å². The molecule has 8 heavy (non-hydrogen) atoms. The number of nitrogens with one attached hydrogen (secondary N) is 1. The van der Waals surface area contributed by atoms with Crippen LogP contribution < -0.4 is 11.2 Å². The van der Waals surface area contributed by atoms with Crippen molar-refractivity contribution in [2.75, 3.05) is 6.67 Å². The standard InChI is InChI=1S/C4H11N3S/c1-2-4-6-3-7(5)8-4/h4,6H,2-3,5H2,1H3. The maximum Gasteiger partial charge on any atom is 0.0743 e. The van der Waals surface area contributed by atoms with Crippen LogP contribution in [0.1, 0.15) is 13.3 Å². The Morgan fingerprint density at radius 1 is 2.00 bits per heavy atom. The molecule has 4 heteroatoms. The lowest BCUT2D eigenvalue weighted by Crippen LogP contribution is -2.25. The van der Waals surface area contributed by atoms with Crippen molar-refractivity contribution in [3.63, 3.8) is 0 Å². The van der Waals surface area contributed by atoms with Crippen LogP contribution >= 0.6 is 11.9 Å². The van der Waals surface area contributed by atoms with Gasteiger partial charge in [0.1, 0.15) is 0 Å². The highest BCUT2D eigenvalue weighted by atomic mass is 32.2. The lowest BCUT2D eigenvalue weighted by atomic mass is 10.5. The zero-order chi connectivity index (χ0) is 5.98. The van der Waals surface area contributed by atoms with E-state index in [1.165, 1.54) is 0 Å². The van der Waals surface area contributed by atoms with E-state index in [0.717, 1.165) is 13.1 Å². The maximum absolute atomic E-state index is 5.43. The van der Waals surface area contributed by atoms with Crippen molar-refractivity contribution in [2.45, 2.75) is 18.7 Å². The number of nitrogens with zero attached hydrogens (tertiary/aromatic N) is 1. The average molecular weight is 133 g/mol. The van der Waals surface area contributed by atoms with Crippen molar-refractivity contribution in [2.24, 2.45) is 5.84 Å². The Kier molecular flexibility index (Phi) is 2.13.